The van der Waals surface area contributed by atoms with Gasteiger partial charge in [0.25, 0.3) is 0 Å². The zero-order chi connectivity index (χ0) is 24.5. The Hall–Kier alpha value is -2.38. The minimum absolute atomic E-state index is 0.709. The molecule has 33 heavy (non-hydrogen) atoms. The molecule has 0 saturated heterocycles. The molecule has 180 valence electrons. The Morgan fingerprint density at radius 3 is 1.18 bits per heavy atom. The van der Waals surface area contributed by atoms with Crippen LogP contribution in [0.5, 0.6) is 0 Å². The molecule has 2 unspecified atom stereocenters. The lowest BCUT2D eigenvalue weighted by atomic mass is 9.99. The van der Waals surface area contributed by atoms with Gasteiger partial charge in [-0.2, -0.15) is 0 Å². The van der Waals surface area contributed by atoms with E-state index >= 15 is 0 Å². The van der Waals surface area contributed by atoms with Crippen molar-refractivity contribution >= 4 is 0 Å². The highest BCUT2D eigenvalue weighted by Gasteiger charge is 2.16. The quantitative estimate of drug-likeness (QED) is 0.303. The fraction of sp³-hybridized carbons (Fsp3) is 0.438. The molecule has 1 heteroatoms. The molecule has 0 bridgehead atoms. The van der Waals surface area contributed by atoms with Crippen molar-refractivity contribution in [1.29, 1.82) is 0 Å². The van der Waals surface area contributed by atoms with Gasteiger partial charge < -0.3 is 4.48 Å². The van der Waals surface area contributed by atoms with E-state index < -0.39 is 0 Å². The summed E-state index contributed by atoms with van der Waals surface area (Å²) in [4.78, 5) is 0. The first kappa shape index (κ1) is 28.7. The number of benzene rings is 3. The standard InChI is InChI=1S/C12H20N.2C10H14/c1-4-13(3,5-2)11-12-9-7-6-8-10-12;2*1-3-9(2)10-7-5-4-6-8-10/h6-10H,4-5,11H2,1-3H3;2*4-9H,3H2,1-2H3/q+1;;. The molecule has 0 radical (unpaired) electrons. The summed E-state index contributed by atoms with van der Waals surface area (Å²) in [6.07, 6.45) is 2.45. The van der Waals surface area contributed by atoms with E-state index in [0.29, 0.717) is 11.8 Å². The number of rotatable bonds is 8. The van der Waals surface area contributed by atoms with E-state index in [1.54, 1.807) is 0 Å². The molecule has 3 aromatic rings. The van der Waals surface area contributed by atoms with Crippen LogP contribution in [0.25, 0.3) is 0 Å². The first-order chi connectivity index (χ1) is 15.9. The normalized spacial score (nSPS) is 12.5. The predicted octanol–water partition coefficient (Wildman–Crippen LogP) is 9.07. The highest BCUT2D eigenvalue weighted by molar-refractivity contribution is 5.19. The van der Waals surface area contributed by atoms with Gasteiger partial charge in [0.1, 0.15) is 6.54 Å². The Kier molecular flexibility index (Phi) is 14.1. The van der Waals surface area contributed by atoms with Gasteiger partial charge in [0.2, 0.25) is 0 Å². The van der Waals surface area contributed by atoms with Gasteiger partial charge in [0.05, 0.1) is 20.1 Å². The van der Waals surface area contributed by atoms with E-state index in [9.17, 15) is 0 Å². The molecule has 0 heterocycles. The molecular formula is C32H48N+. The molecular weight excluding hydrogens is 398 g/mol. The fourth-order valence-corrected chi connectivity index (χ4v) is 3.51. The summed E-state index contributed by atoms with van der Waals surface area (Å²) in [5, 5.41) is 0. The largest absolute Gasteiger partial charge is 0.323 e. The van der Waals surface area contributed by atoms with Gasteiger partial charge in [0, 0.05) is 5.56 Å². The molecule has 0 aliphatic rings. The number of hydrogen-bond acceptors (Lipinski definition) is 0. The Balaban J connectivity index is 0.000000251. The van der Waals surface area contributed by atoms with Gasteiger partial charge in [-0.3, -0.25) is 0 Å². The van der Waals surface area contributed by atoms with Gasteiger partial charge in [-0.25, -0.2) is 0 Å². The van der Waals surface area contributed by atoms with E-state index in [1.807, 2.05) is 0 Å². The number of quaternary nitrogens is 1. The van der Waals surface area contributed by atoms with Crippen molar-refractivity contribution < 1.29 is 4.48 Å². The molecule has 0 spiro atoms. The molecule has 0 aromatic heterocycles. The maximum atomic E-state index is 2.31. The van der Waals surface area contributed by atoms with Crippen molar-refractivity contribution in [1.82, 2.24) is 0 Å². The summed E-state index contributed by atoms with van der Waals surface area (Å²) >= 11 is 0. The molecule has 0 saturated carbocycles. The van der Waals surface area contributed by atoms with E-state index in [2.05, 4.69) is 140 Å². The average Bonchev–Trinajstić information content (AvgIpc) is 2.90. The lowest BCUT2D eigenvalue weighted by molar-refractivity contribution is -0.919. The van der Waals surface area contributed by atoms with E-state index in [-0.39, 0.29) is 0 Å². The third kappa shape index (κ3) is 11.3. The van der Waals surface area contributed by atoms with Gasteiger partial charge in [-0.15, -0.1) is 0 Å². The fourth-order valence-electron chi connectivity index (χ4n) is 3.51. The summed E-state index contributed by atoms with van der Waals surface area (Å²) in [5.74, 6) is 1.42. The zero-order valence-corrected chi connectivity index (χ0v) is 22.3. The second kappa shape index (κ2) is 16.3. The van der Waals surface area contributed by atoms with Crippen LogP contribution in [0.3, 0.4) is 0 Å². The summed E-state index contributed by atoms with van der Waals surface area (Å²) in [6.45, 7) is 17.0. The highest BCUT2D eigenvalue weighted by atomic mass is 15.3. The third-order valence-corrected chi connectivity index (χ3v) is 6.90. The topological polar surface area (TPSA) is 0 Å². The molecule has 1 nitrogen and oxygen atoms in total. The van der Waals surface area contributed by atoms with Gasteiger partial charge in [-0.05, 0) is 49.7 Å². The summed E-state index contributed by atoms with van der Waals surface area (Å²) in [7, 11) is 2.31. The molecule has 3 aromatic carbocycles. The Bertz CT molecular complexity index is 777. The van der Waals surface area contributed by atoms with E-state index in [0.717, 1.165) is 11.0 Å². The summed E-state index contributed by atoms with van der Waals surface area (Å²) in [6, 6.07) is 32.0. The van der Waals surface area contributed by atoms with Crippen LogP contribution in [0.1, 0.15) is 82.9 Å². The van der Waals surface area contributed by atoms with Gasteiger partial charge in [0.15, 0.2) is 0 Å². The van der Waals surface area contributed by atoms with Crippen LogP contribution in [0, 0.1) is 0 Å². The number of nitrogens with zero attached hydrogens (tertiary/aromatic N) is 1. The average molecular weight is 447 g/mol. The minimum atomic E-state index is 0.709. The second-order valence-corrected chi connectivity index (χ2v) is 9.34. The second-order valence-electron chi connectivity index (χ2n) is 9.34. The monoisotopic (exact) mass is 446 g/mol. The molecule has 0 fully saturated rings. The van der Waals surface area contributed by atoms with Crippen molar-refractivity contribution in [3.05, 3.63) is 108 Å². The highest BCUT2D eigenvalue weighted by Crippen LogP contribution is 2.17. The first-order valence-corrected chi connectivity index (χ1v) is 12.9. The van der Waals surface area contributed by atoms with Crippen LogP contribution >= 0.6 is 0 Å². The van der Waals surface area contributed by atoms with Crippen molar-refractivity contribution in [3.63, 3.8) is 0 Å². The van der Waals surface area contributed by atoms with E-state index in [1.165, 1.54) is 42.6 Å². The van der Waals surface area contributed by atoms with Crippen LogP contribution in [-0.4, -0.2) is 24.6 Å². The maximum absolute atomic E-state index is 2.31. The number of hydrogen-bond donors (Lipinski definition) is 0. The maximum Gasteiger partial charge on any atom is 0.104 e. The van der Waals surface area contributed by atoms with Crippen LogP contribution in [0.15, 0.2) is 91.0 Å². The van der Waals surface area contributed by atoms with Crippen LogP contribution < -0.4 is 0 Å². The SMILES string of the molecule is CCC(C)c1ccccc1.CCC(C)c1ccccc1.CC[N+](C)(CC)Cc1ccccc1. The molecule has 0 amide bonds. The molecule has 0 aliphatic carbocycles. The molecule has 2 atom stereocenters. The van der Waals surface area contributed by atoms with Gasteiger partial charge >= 0.3 is 0 Å². The lowest BCUT2D eigenvalue weighted by Crippen LogP contribution is -2.42. The van der Waals surface area contributed by atoms with Crippen molar-refractivity contribution in [3.8, 4) is 0 Å². The Labute approximate surface area is 205 Å². The van der Waals surface area contributed by atoms with E-state index in [4.69, 9.17) is 0 Å². The van der Waals surface area contributed by atoms with Crippen molar-refractivity contribution in [2.45, 2.75) is 72.8 Å². The van der Waals surface area contributed by atoms with Crippen LogP contribution in [0.4, 0.5) is 0 Å². The third-order valence-electron chi connectivity index (χ3n) is 6.90. The van der Waals surface area contributed by atoms with Crippen LogP contribution in [-0.2, 0) is 6.54 Å². The molecule has 3 rings (SSSR count). The predicted molar refractivity (Wildman–Crippen MR) is 148 cm³/mol. The Morgan fingerprint density at radius 1 is 0.545 bits per heavy atom. The van der Waals surface area contributed by atoms with Gasteiger partial charge in [-0.1, -0.05) is 119 Å². The van der Waals surface area contributed by atoms with Crippen LogP contribution in [0.2, 0.25) is 0 Å². The smallest absolute Gasteiger partial charge is 0.104 e. The Morgan fingerprint density at radius 2 is 0.879 bits per heavy atom. The lowest BCUT2D eigenvalue weighted by Gasteiger charge is -2.32. The summed E-state index contributed by atoms with van der Waals surface area (Å²) < 4.78 is 1.13. The molecule has 0 aliphatic heterocycles. The zero-order valence-electron chi connectivity index (χ0n) is 22.3. The summed E-state index contributed by atoms with van der Waals surface area (Å²) in [5.41, 5.74) is 4.34. The van der Waals surface area contributed by atoms with Crippen molar-refractivity contribution in [2.24, 2.45) is 0 Å². The van der Waals surface area contributed by atoms with Crippen molar-refractivity contribution in [2.75, 3.05) is 20.1 Å². The minimum Gasteiger partial charge on any atom is -0.323 e. The first-order valence-electron chi connectivity index (χ1n) is 12.9. The molecule has 0 N–H and O–H groups in total.